The van der Waals surface area contributed by atoms with Gasteiger partial charge < -0.3 is 4.57 Å². The zero-order chi connectivity index (χ0) is 8.97. The van der Waals surface area contributed by atoms with Crippen molar-refractivity contribution in [3.05, 3.63) is 18.2 Å². The summed E-state index contributed by atoms with van der Waals surface area (Å²) in [5.74, 6) is -0.180. The van der Waals surface area contributed by atoms with Crippen molar-refractivity contribution in [2.45, 2.75) is 6.42 Å². The van der Waals surface area contributed by atoms with E-state index in [4.69, 9.17) is 0 Å². The Balaban J connectivity index is 2.52. The second kappa shape index (κ2) is 3.87. The van der Waals surface area contributed by atoms with Crippen LogP contribution in [0, 0.1) is 0 Å². The van der Waals surface area contributed by atoms with Crippen LogP contribution >= 0.6 is 0 Å². The largest absolute Gasteiger partial charge is 0.337 e. The Hall–Kier alpha value is -1.36. The molecule has 5 heteroatoms. The molecular weight excluding hydrogens is 158 g/mol. The molecule has 0 radical (unpaired) electrons. The first-order chi connectivity index (χ1) is 5.74. The topological polar surface area (TPSA) is 56.1 Å². The standard InChI is InChI=1S/C7H11N3O2/c1-10-5-8-4-6(10)3-7(11)9-12-2/h4-5H,3H2,1-2H3,(H,9,11). The molecule has 0 aliphatic carbocycles. The van der Waals surface area contributed by atoms with Crippen LogP contribution in [0.4, 0.5) is 0 Å². The van der Waals surface area contributed by atoms with Gasteiger partial charge in [0.25, 0.3) is 0 Å². The van der Waals surface area contributed by atoms with Crippen molar-refractivity contribution >= 4 is 5.91 Å². The lowest BCUT2D eigenvalue weighted by molar-refractivity contribution is -0.130. The van der Waals surface area contributed by atoms with Gasteiger partial charge in [-0.2, -0.15) is 0 Å². The van der Waals surface area contributed by atoms with E-state index in [0.29, 0.717) is 0 Å². The van der Waals surface area contributed by atoms with E-state index < -0.39 is 0 Å². The first-order valence-electron chi connectivity index (χ1n) is 3.51. The summed E-state index contributed by atoms with van der Waals surface area (Å²) in [5.41, 5.74) is 3.08. The van der Waals surface area contributed by atoms with E-state index >= 15 is 0 Å². The molecule has 1 rings (SSSR count). The minimum atomic E-state index is -0.180. The van der Waals surface area contributed by atoms with E-state index in [0.717, 1.165) is 5.69 Å². The highest BCUT2D eigenvalue weighted by Gasteiger charge is 2.04. The third kappa shape index (κ3) is 2.06. The predicted molar refractivity (Wildman–Crippen MR) is 42.1 cm³/mol. The van der Waals surface area contributed by atoms with Gasteiger partial charge in [0.2, 0.25) is 5.91 Å². The number of hydrogen-bond donors (Lipinski definition) is 1. The molecule has 0 fully saturated rings. The van der Waals surface area contributed by atoms with Crippen LogP contribution in [-0.2, 0) is 23.1 Å². The van der Waals surface area contributed by atoms with Crippen LogP contribution in [0.2, 0.25) is 0 Å². The number of rotatable bonds is 3. The Kier molecular flexibility index (Phi) is 2.82. The maximum Gasteiger partial charge on any atom is 0.249 e. The summed E-state index contributed by atoms with van der Waals surface area (Å²) in [6, 6.07) is 0. The number of nitrogens with zero attached hydrogens (tertiary/aromatic N) is 2. The number of hydrogen-bond acceptors (Lipinski definition) is 3. The van der Waals surface area contributed by atoms with E-state index in [2.05, 4.69) is 15.3 Å². The zero-order valence-electron chi connectivity index (χ0n) is 7.07. The maximum absolute atomic E-state index is 11.0. The van der Waals surface area contributed by atoms with Gasteiger partial charge in [-0.15, -0.1) is 0 Å². The number of amides is 1. The summed E-state index contributed by atoms with van der Waals surface area (Å²) in [6.45, 7) is 0. The van der Waals surface area contributed by atoms with Crippen molar-refractivity contribution < 1.29 is 9.63 Å². The quantitative estimate of drug-likeness (QED) is 0.629. The molecule has 5 nitrogen and oxygen atoms in total. The van der Waals surface area contributed by atoms with E-state index in [-0.39, 0.29) is 12.3 Å². The summed E-state index contributed by atoms with van der Waals surface area (Å²) in [4.78, 5) is 19.3. The molecule has 0 saturated heterocycles. The average molecular weight is 169 g/mol. The van der Waals surface area contributed by atoms with Crippen molar-refractivity contribution in [3.8, 4) is 0 Å². The van der Waals surface area contributed by atoms with E-state index in [1.54, 1.807) is 17.1 Å². The van der Waals surface area contributed by atoms with Gasteiger partial charge in [0.15, 0.2) is 0 Å². The molecule has 0 bridgehead atoms. The third-order valence-corrected chi connectivity index (χ3v) is 1.47. The lowest BCUT2D eigenvalue weighted by atomic mass is 10.3. The monoisotopic (exact) mass is 169 g/mol. The lowest BCUT2D eigenvalue weighted by Crippen LogP contribution is -2.24. The molecule has 0 atom stereocenters. The number of carbonyl (C=O) groups excluding carboxylic acids is 1. The predicted octanol–water partition coefficient (Wildman–Crippen LogP) is -0.360. The molecule has 0 saturated carbocycles. The van der Waals surface area contributed by atoms with Gasteiger partial charge in [0.1, 0.15) is 0 Å². The van der Waals surface area contributed by atoms with E-state index in [9.17, 15) is 4.79 Å². The molecular formula is C7H11N3O2. The SMILES string of the molecule is CONC(=O)Cc1cncn1C. The Morgan fingerprint density at radius 3 is 3.08 bits per heavy atom. The number of nitrogens with one attached hydrogen (secondary N) is 1. The molecule has 0 unspecified atom stereocenters. The second-order valence-electron chi connectivity index (χ2n) is 2.40. The van der Waals surface area contributed by atoms with Crippen LogP contribution in [0.5, 0.6) is 0 Å². The first-order valence-corrected chi connectivity index (χ1v) is 3.51. The van der Waals surface area contributed by atoms with Gasteiger partial charge in [-0.3, -0.25) is 9.63 Å². The van der Waals surface area contributed by atoms with Crippen LogP contribution in [0.1, 0.15) is 5.69 Å². The van der Waals surface area contributed by atoms with Gasteiger partial charge >= 0.3 is 0 Å². The first kappa shape index (κ1) is 8.73. The number of aromatic nitrogens is 2. The fourth-order valence-corrected chi connectivity index (χ4v) is 0.869. The molecule has 1 aromatic heterocycles. The van der Waals surface area contributed by atoms with Crippen molar-refractivity contribution in [2.75, 3.05) is 7.11 Å². The molecule has 0 aliphatic rings. The Bertz CT molecular complexity index is 269. The molecule has 12 heavy (non-hydrogen) atoms. The normalized spacial score (nSPS) is 9.83. The minimum Gasteiger partial charge on any atom is -0.337 e. The van der Waals surface area contributed by atoms with Crippen molar-refractivity contribution in [1.82, 2.24) is 15.0 Å². The highest BCUT2D eigenvalue weighted by molar-refractivity contribution is 5.76. The van der Waals surface area contributed by atoms with E-state index in [1.807, 2.05) is 7.05 Å². The molecule has 1 aromatic rings. The molecule has 0 aromatic carbocycles. The smallest absolute Gasteiger partial charge is 0.249 e. The van der Waals surface area contributed by atoms with Gasteiger partial charge in [-0.25, -0.2) is 10.5 Å². The maximum atomic E-state index is 11.0. The molecule has 0 aliphatic heterocycles. The number of imidazole rings is 1. The fourth-order valence-electron chi connectivity index (χ4n) is 0.869. The zero-order valence-corrected chi connectivity index (χ0v) is 7.07. The summed E-state index contributed by atoms with van der Waals surface area (Å²) >= 11 is 0. The number of hydroxylamine groups is 1. The number of aryl methyl sites for hydroxylation is 1. The average Bonchev–Trinajstić information content (AvgIpc) is 2.37. The van der Waals surface area contributed by atoms with Gasteiger partial charge in [0, 0.05) is 18.9 Å². The van der Waals surface area contributed by atoms with Crippen LogP contribution in [0.15, 0.2) is 12.5 Å². The molecule has 1 heterocycles. The van der Waals surface area contributed by atoms with Crippen molar-refractivity contribution in [2.24, 2.45) is 7.05 Å². The summed E-state index contributed by atoms with van der Waals surface area (Å²) in [7, 11) is 3.24. The van der Waals surface area contributed by atoms with Crippen LogP contribution in [0.25, 0.3) is 0 Å². The molecule has 1 amide bonds. The third-order valence-electron chi connectivity index (χ3n) is 1.47. The molecule has 0 spiro atoms. The van der Waals surface area contributed by atoms with Crippen molar-refractivity contribution in [1.29, 1.82) is 0 Å². The van der Waals surface area contributed by atoms with Crippen LogP contribution in [-0.4, -0.2) is 22.6 Å². The van der Waals surface area contributed by atoms with Crippen LogP contribution in [0.3, 0.4) is 0 Å². The van der Waals surface area contributed by atoms with Gasteiger partial charge in [0.05, 0.1) is 19.9 Å². The Morgan fingerprint density at radius 2 is 2.58 bits per heavy atom. The Labute approximate surface area is 70.3 Å². The lowest BCUT2D eigenvalue weighted by Gasteiger charge is -2.01. The number of carbonyl (C=O) groups is 1. The summed E-state index contributed by atoms with van der Waals surface area (Å²) in [6.07, 6.45) is 3.58. The minimum absolute atomic E-state index is 0.180. The van der Waals surface area contributed by atoms with E-state index in [1.165, 1.54) is 7.11 Å². The fraction of sp³-hybridized carbons (Fsp3) is 0.429. The summed E-state index contributed by atoms with van der Waals surface area (Å²) in [5, 5.41) is 0. The van der Waals surface area contributed by atoms with Crippen LogP contribution < -0.4 is 5.48 Å². The molecule has 66 valence electrons. The van der Waals surface area contributed by atoms with Gasteiger partial charge in [-0.05, 0) is 0 Å². The highest BCUT2D eigenvalue weighted by atomic mass is 16.6. The van der Waals surface area contributed by atoms with Gasteiger partial charge in [-0.1, -0.05) is 0 Å². The Morgan fingerprint density at radius 1 is 1.83 bits per heavy atom. The van der Waals surface area contributed by atoms with Crippen molar-refractivity contribution in [3.63, 3.8) is 0 Å². The highest BCUT2D eigenvalue weighted by Crippen LogP contribution is 1.96. The summed E-state index contributed by atoms with van der Waals surface area (Å²) < 4.78 is 1.79. The second-order valence-corrected chi connectivity index (χ2v) is 2.40. The molecule has 1 N–H and O–H groups in total.